The SMILES string of the molecule is Cc1cccc(C(=O)N(Cc2ccco2)Cc2cc(NC(=O)c3ccccc3Cl)ccc2N(C)C)c1. The third-order valence-corrected chi connectivity index (χ3v) is 6.11. The Labute approximate surface area is 216 Å². The van der Waals surface area contributed by atoms with Gasteiger partial charge in [0.05, 0.1) is 23.4 Å². The van der Waals surface area contributed by atoms with Gasteiger partial charge in [0.25, 0.3) is 11.8 Å². The van der Waals surface area contributed by atoms with Gasteiger partial charge in [-0.1, -0.05) is 41.4 Å². The predicted molar refractivity (Wildman–Crippen MR) is 144 cm³/mol. The zero-order valence-electron chi connectivity index (χ0n) is 20.5. The minimum atomic E-state index is -0.299. The molecule has 0 unspecified atom stereocenters. The van der Waals surface area contributed by atoms with E-state index >= 15 is 0 Å². The monoisotopic (exact) mass is 501 g/mol. The molecule has 0 saturated heterocycles. The van der Waals surface area contributed by atoms with Crippen molar-refractivity contribution in [1.82, 2.24) is 4.90 Å². The molecule has 6 nitrogen and oxygen atoms in total. The second-order valence-corrected chi connectivity index (χ2v) is 9.19. The molecule has 4 aromatic rings. The number of hydrogen-bond acceptors (Lipinski definition) is 4. The maximum Gasteiger partial charge on any atom is 0.257 e. The summed E-state index contributed by atoms with van der Waals surface area (Å²) in [5, 5.41) is 3.31. The van der Waals surface area contributed by atoms with Crippen molar-refractivity contribution in [1.29, 1.82) is 0 Å². The maximum atomic E-state index is 13.6. The van der Waals surface area contributed by atoms with Crippen LogP contribution in [0.15, 0.2) is 89.5 Å². The molecule has 36 heavy (non-hydrogen) atoms. The molecule has 0 fully saturated rings. The highest BCUT2D eigenvalue weighted by molar-refractivity contribution is 6.34. The molecule has 1 heterocycles. The molecule has 0 radical (unpaired) electrons. The third-order valence-electron chi connectivity index (χ3n) is 5.78. The second kappa shape index (κ2) is 11.1. The van der Waals surface area contributed by atoms with E-state index in [4.69, 9.17) is 16.0 Å². The van der Waals surface area contributed by atoms with Crippen LogP contribution in [-0.4, -0.2) is 30.8 Å². The summed E-state index contributed by atoms with van der Waals surface area (Å²) in [6.07, 6.45) is 1.60. The van der Waals surface area contributed by atoms with Crippen molar-refractivity contribution in [2.24, 2.45) is 0 Å². The van der Waals surface area contributed by atoms with Crippen LogP contribution in [0.3, 0.4) is 0 Å². The largest absolute Gasteiger partial charge is 0.467 e. The molecule has 0 spiro atoms. The maximum absolute atomic E-state index is 13.6. The van der Waals surface area contributed by atoms with Gasteiger partial charge in [-0.25, -0.2) is 0 Å². The molecule has 3 aromatic carbocycles. The van der Waals surface area contributed by atoms with Crippen LogP contribution in [0.25, 0.3) is 0 Å². The second-order valence-electron chi connectivity index (χ2n) is 8.78. The first-order valence-electron chi connectivity index (χ1n) is 11.6. The highest BCUT2D eigenvalue weighted by Gasteiger charge is 2.21. The Morgan fingerprint density at radius 2 is 1.72 bits per heavy atom. The van der Waals surface area contributed by atoms with Crippen molar-refractivity contribution in [2.75, 3.05) is 24.3 Å². The lowest BCUT2D eigenvalue weighted by Crippen LogP contribution is -2.31. The van der Waals surface area contributed by atoms with Crippen LogP contribution < -0.4 is 10.2 Å². The van der Waals surface area contributed by atoms with Crippen LogP contribution in [0.2, 0.25) is 5.02 Å². The highest BCUT2D eigenvalue weighted by Crippen LogP contribution is 2.27. The average Bonchev–Trinajstić information content (AvgIpc) is 3.36. The van der Waals surface area contributed by atoms with E-state index in [0.717, 1.165) is 16.8 Å². The van der Waals surface area contributed by atoms with E-state index in [0.29, 0.717) is 40.7 Å². The summed E-state index contributed by atoms with van der Waals surface area (Å²) in [7, 11) is 3.89. The number of nitrogens with zero attached hydrogens (tertiary/aromatic N) is 2. The molecule has 184 valence electrons. The molecule has 0 atom stereocenters. The molecule has 0 aliphatic rings. The summed E-state index contributed by atoms with van der Waals surface area (Å²) in [5.41, 5.74) is 4.44. The van der Waals surface area contributed by atoms with Gasteiger partial charge in [0, 0.05) is 37.6 Å². The first-order chi connectivity index (χ1) is 17.3. The van der Waals surface area contributed by atoms with E-state index in [-0.39, 0.29) is 11.8 Å². The molecular formula is C29H28ClN3O3. The highest BCUT2D eigenvalue weighted by atomic mass is 35.5. The van der Waals surface area contributed by atoms with Gasteiger partial charge in [0.1, 0.15) is 5.76 Å². The average molecular weight is 502 g/mol. The van der Waals surface area contributed by atoms with Gasteiger partial charge >= 0.3 is 0 Å². The first kappa shape index (κ1) is 25.1. The van der Waals surface area contributed by atoms with Crippen LogP contribution in [0.1, 0.15) is 37.6 Å². The molecule has 0 saturated carbocycles. The number of aryl methyl sites for hydroxylation is 1. The number of carbonyl (C=O) groups is 2. The molecule has 2 amide bonds. The van der Waals surface area contributed by atoms with E-state index in [1.165, 1.54) is 0 Å². The number of hydrogen-bond donors (Lipinski definition) is 1. The molecule has 0 aliphatic heterocycles. The Morgan fingerprint density at radius 3 is 2.42 bits per heavy atom. The van der Waals surface area contributed by atoms with Crippen molar-refractivity contribution >= 4 is 34.8 Å². The van der Waals surface area contributed by atoms with Crippen molar-refractivity contribution < 1.29 is 14.0 Å². The quantitative estimate of drug-likeness (QED) is 0.303. The number of nitrogens with one attached hydrogen (secondary N) is 1. The lowest BCUT2D eigenvalue weighted by Gasteiger charge is -2.26. The Bertz CT molecular complexity index is 1370. The van der Waals surface area contributed by atoms with Crippen LogP contribution in [0, 0.1) is 6.92 Å². The Kier molecular flexibility index (Phi) is 7.76. The fourth-order valence-corrected chi connectivity index (χ4v) is 4.25. The zero-order chi connectivity index (χ0) is 25.7. The van der Waals surface area contributed by atoms with E-state index in [1.807, 2.05) is 74.4 Å². The minimum Gasteiger partial charge on any atom is -0.467 e. The van der Waals surface area contributed by atoms with Gasteiger partial charge in [-0.2, -0.15) is 0 Å². The number of carbonyl (C=O) groups excluding carboxylic acids is 2. The zero-order valence-corrected chi connectivity index (χ0v) is 21.3. The smallest absolute Gasteiger partial charge is 0.257 e. The Morgan fingerprint density at radius 1 is 0.917 bits per heavy atom. The Hall–Kier alpha value is -4.03. The molecule has 4 rings (SSSR count). The van der Waals surface area contributed by atoms with E-state index < -0.39 is 0 Å². The van der Waals surface area contributed by atoms with Gasteiger partial charge in [-0.05, 0) is 67.1 Å². The van der Waals surface area contributed by atoms with Crippen LogP contribution in [-0.2, 0) is 13.1 Å². The van der Waals surface area contributed by atoms with Crippen LogP contribution >= 0.6 is 11.6 Å². The summed E-state index contributed by atoms with van der Waals surface area (Å²) in [5.74, 6) is 0.281. The summed E-state index contributed by atoms with van der Waals surface area (Å²) in [6.45, 7) is 2.59. The molecule has 0 aliphatic carbocycles. The number of anilines is 2. The number of benzene rings is 3. The number of rotatable bonds is 8. The van der Waals surface area contributed by atoms with Crippen molar-refractivity contribution in [3.05, 3.63) is 118 Å². The lowest BCUT2D eigenvalue weighted by atomic mass is 10.1. The van der Waals surface area contributed by atoms with Gasteiger partial charge < -0.3 is 19.5 Å². The summed E-state index contributed by atoms with van der Waals surface area (Å²) < 4.78 is 5.55. The fraction of sp³-hybridized carbons (Fsp3) is 0.172. The predicted octanol–water partition coefficient (Wildman–Crippen LogP) is 6.40. The summed E-state index contributed by atoms with van der Waals surface area (Å²) in [6, 6.07) is 23.8. The Balaban J connectivity index is 1.66. The summed E-state index contributed by atoms with van der Waals surface area (Å²) in [4.78, 5) is 30.2. The van der Waals surface area contributed by atoms with E-state index in [9.17, 15) is 9.59 Å². The summed E-state index contributed by atoms with van der Waals surface area (Å²) >= 11 is 6.20. The van der Waals surface area contributed by atoms with Gasteiger partial charge in [0.2, 0.25) is 0 Å². The number of furan rings is 1. The number of amides is 2. The minimum absolute atomic E-state index is 0.106. The van der Waals surface area contributed by atoms with Crippen LogP contribution in [0.4, 0.5) is 11.4 Å². The molecular weight excluding hydrogens is 474 g/mol. The molecule has 7 heteroatoms. The normalized spacial score (nSPS) is 10.7. The van der Waals surface area contributed by atoms with Gasteiger partial charge in [0.15, 0.2) is 0 Å². The van der Waals surface area contributed by atoms with Crippen LogP contribution in [0.5, 0.6) is 0 Å². The van der Waals surface area contributed by atoms with E-state index in [2.05, 4.69) is 5.32 Å². The first-order valence-corrected chi connectivity index (χ1v) is 11.9. The van der Waals surface area contributed by atoms with Gasteiger partial charge in [-0.15, -0.1) is 0 Å². The van der Waals surface area contributed by atoms with Crippen molar-refractivity contribution in [3.63, 3.8) is 0 Å². The van der Waals surface area contributed by atoms with E-state index in [1.54, 1.807) is 41.5 Å². The van der Waals surface area contributed by atoms with Crippen molar-refractivity contribution in [3.8, 4) is 0 Å². The fourth-order valence-electron chi connectivity index (χ4n) is 4.03. The molecule has 1 N–H and O–H groups in total. The standard InChI is InChI=1S/C29H28ClN3O3/c1-20-8-6-9-21(16-20)29(35)33(19-24-10-7-15-36-24)18-22-17-23(13-14-27(22)32(2)3)31-28(34)25-11-4-5-12-26(25)30/h4-17H,18-19H2,1-3H3,(H,31,34). The molecule has 0 bridgehead atoms. The van der Waals surface area contributed by atoms with Gasteiger partial charge in [-0.3, -0.25) is 9.59 Å². The third kappa shape index (κ3) is 5.96. The topological polar surface area (TPSA) is 65.8 Å². The number of halogens is 1. The van der Waals surface area contributed by atoms with Crippen molar-refractivity contribution in [2.45, 2.75) is 20.0 Å². The molecule has 1 aromatic heterocycles. The lowest BCUT2D eigenvalue weighted by molar-refractivity contribution is 0.0717.